The second kappa shape index (κ2) is 4.49. The summed E-state index contributed by atoms with van der Waals surface area (Å²) in [6.45, 7) is 2.25. The van der Waals surface area contributed by atoms with Crippen LogP contribution in [0.5, 0.6) is 11.5 Å². The van der Waals surface area contributed by atoms with Crippen molar-refractivity contribution in [1.82, 2.24) is 0 Å². The topological polar surface area (TPSA) is 44.8 Å². The van der Waals surface area contributed by atoms with E-state index in [0.717, 1.165) is 11.1 Å². The zero-order chi connectivity index (χ0) is 12.4. The van der Waals surface area contributed by atoms with Crippen molar-refractivity contribution in [3.8, 4) is 11.5 Å². The van der Waals surface area contributed by atoms with E-state index in [4.69, 9.17) is 14.2 Å². The number of hydrogen-bond donors (Lipinski definition) is 0. The maximum absolute atomic E-state index is 11.6. The van der Waals surface area contributed by atoms with E-state index in [0.29, 0.717) is 23.7 Å². The molecule has 0 unspecified atom stereocenters. The van der Waals surface area contributed by atoms with Gasteiger partial charge < -0.3 is 14.2 Å². The Hall–Kier alpha value is -1.97. The maximum atomic E-state index is 11.6. The van der Waals surface area contributed by atoms with Gasteiger partial charge in [0, 0.05) is 0 Å². The van der Waals surface area contributed by atoms with Crippen molar-refractivity contribution in [2.45, 2.75) is 6.92 Å². The second-order valence-electron chi connectivity index (χ2n) is 3.80. The van der Waals surface area contributed by atoms with Gasteiger partial charge in [0.1, 0.15) is 6.61 Å². The first kappa shape index (κ1) is 11.5. The lowest BCUT2D eigenvalue weighted by molar-refractivity contribution is -0.134. The molecule has 0 radical (unpaired) electrons. The van der Waals surface area contributed by atoms with E-state index in [1.54, 1.807) is 26.4 Å². The van der Waals surface area contributed by atoms with Gasteiger partial charge in [0.05, 0.1) is 19.8 Å². The quantitative estimate of drug-likeness (QED) is 0.751. The summed E-state index contributed by atoms with van der Waals surface area (Å²) in [4.78, 5) is 11.6. The molecular weight excluding hydrogens is 220 g/mol. The van der Waals surface area contributed by atoms with Crippen molar-refractivity contribution in [1.29, 1.82) is 0 Å². The fourth-order valence-electron chi connectivity index (χ4n) is 1.85. The zero-order valence-corrected chi connectivity index (χ0v) is 10.1. The molecule has 0 saturated heterocycles. The van der Waals surface area contributed by atoms with Crippen LogP contribution in [0.4, 0.5) is 0 Å². The highest BCUT2D eigenvalue weighted by Gasteiger charge is 2.24. The zero-order valence-electron chi connectivity index (χ0n) is 10.1. The van der Waals surface area contributed by atoms with Gasteiger partial charge in [0.15, 0.2) is 11.5 Å². The average Bonchev–Trinajstić information content (AvgIpc) is 2.68. The summed E-state index contributed by atoms with van der Waals surface area (Å²) in [5.74, 6) is 0.959. The van der Waals surface area contributed by atoms with Gasteiger partial charge >= 0.3 is 5.97 Å². The van der Waals surface area contributed by atoms with Crippen LogP contribution in [-0.4, -0.2) is 26.8 Å². The molecule has 4 heteroatoms. The van der Waals surface area contributed by atoms with Gasteiger partial charge in [-0.25, -0.2) is 4.79 Å². The summed E-state index contributed by atoms with van der Waals surface area (Å²) in [6, 6.07) is 5.39. The molecule has 90 valence electrons. The standard InChI is InChI=1S/C13H14O4/c1-8-7-17-13(14)12(8)9-4-5-10(15-2)11(6-9)16-3/h4-6H,7H2,1-3H3. The Morgan fingerprint density at radius 1 is 1.18 bits per heavy atom. The predicted octanol–water partition coefficient (Wildman–Crippen LogP) is 2.03. The number of ether oxygens (including phenoxy) is 3. The molecule has 0 saturated carbocycles. The van der Waals surface area contributed by atoms with Gasteiger partial charge in [-0.1, -0.05) is 6.07 Å². The highest BCUT2D eigenvalue weighted by molar-refractivity contribution is 6.19. The van der Waals surface area contributed by atoms with Crippen LogP contribution in [0.25, 0.3) is 5.57 Å². The minimum absolute atomic E-state index is 0.283. The van der Waals surface area contributed by atoms with Crippen LogP contribution in [0.2, 0.25) is 0 Å². The van der Waals surface area contributed by atoms with Crippen LogP contribution in [0.15, 0.2) is 23.8 Å². The van der Waals surface area contributed by atoms with Crippen molar-refractivity contribution in [2.75, 3.05) is 20.8 Å². The summed E-state index contributed by atoms with van der Waals surface area (Å²) < 4.78 is 15.3. The number of hydrogen-bond acceptors (Lipinski definition) is 4. The van der Waals surface area contributed by atoms with Gasteiger partial charge in [0.2, 0.25) is 0 Å². The Morgan fingerprint density at radius 2 is 1.88 bits per heavy atom. The Labute approximate surface area is 99.8 Å². The summed E-state index contributed by atoms with van der Waals surface area (Å²) in [7, 11) is 3.14. The summed E-state index contributed by atoms with van der Waals surface area (Å²) in [5.41, 5.74) is 2.34. The predicted molar refractivity (Wildman–Crippen MR) is 63.1 cm³/mol. The second-order valence-corrected chi connectivity index (χ2v) is 3.80. The Morgan fingerprint density at radius 3 is 2.41 bits per heavy atom. The highest BCUT2D eigenvalue weighted by Crippen LogP contribution is 2.33. The van der Waals surface area contributed by atoms with E-state index in [1.807, 2.05) is 13.0 Å². The van der Waals surface area contributed by atoms with Crippen LogP contribution in [-0.2, 0) is 9.53 Å². The van der Waals surface area contributed by atoms with Gasteiger partial charge in [0.25, 0.3) is 0 Å². The number of methoxy groups -OCH3 is 2. The Balaban J connectivity index is 2.47. The van der Waals surface area contributed by atoms with Crippen molar-refractivity contribution in [2.24, 2.45) is 0 Å². The minimum atomic E-state index is -0.283. The number of esters is 1. The van der Waals surface area contributed by atoms with Gasteiger partial charge in [-0.3, -0.25) is 0 Å². The Kier molecular flexibility index (Phi) is 3.04. The monoisotopic (exact) mass is 234 g/mol. The lowest BCUT2D eigenvalue weighted by Crippen LogP contribution is -1.99. The van der Waals surface area contributed by atoms with E-state index >= 15 is 0 Å². The molecule has 1 aliphatic rings. The molecule has 1 aromatic rings. The van der Waals surface area contributed by atoms with E-state index in [1.165, 1.54) is 0 Å². The molecule has 0 fully saturated rings. The number of benzene rings is 1. The lowest BCUT2D eigenvalue weighted by atomic mass is 10.0. The minimum Gasteiger partial charge on any atom is -0.493 e. The summed E-state index contributed by atoms with van der Waals surface area (Å²) in [6.07, 6.45) is 0. The number of carbonyl (C=O) groups excluding carboxylic acids is 1. The smallest absolute Gasteiger partial charge is 0.339 e. The first-order valence-corrected chi connectivity index (χ1v) is 5.26. The summed E-state index contributed by atoms with van der Waals surface area (Å²) >= 11 is 0. The van der Waals surface area contributed by atoms with E-state index < -0.39 is 0 Å². The number of rotatable bonds is 3. The summed E-state index contributed by atoms with van der Waals surface area (Å²) in [5, 5.41) is 0. The molecule has 0 amide bonds. The molecule has 0 aromatic heterocycles. The van der Waals surface area contributed by atoms with Gasteiger partial charge in [-0.15, -0.1) is 0 Å². The molecule has 4 nitrogen and oxygen atoms in total. The fraction of sp³-hybridized carbons (Fsp3) is 0.308. The molecule has 1 aliphatic heterocycles. The molecule has 17 heavy (non-hydrogen) atoms. The number of carbonyl (C=O) groups is 1. The molecule has 0 spiro atoms. The van der Waals surface area contributed by atoms with Crippen molar-refractivity contribution < 1.29 is 19.0 Å². The van der Waals surface area contributed by atoms with E-state index in [2.05, 4.69) is 0 Å². The third kappa shape index (κ3) is 1.98. The SMILES string of the molecule is COc1ccc(C2=C(C)COC2=O)cc1OC. The normalized spacial score (nSPS) is 14.9. The fourth-order valence-corrected chi connectivity index (χ4v) is 1.85. The molecule has 0 atom stereocenters. The molecule has 0 aliphatic carbocycles. The third-order valence-electron chi connectivity index (χ3n) is 2.72. The van der Waals surface area contributed by atoms with E-state index in [-0.39, 0.29) is 5.97 Å². The number of cyclic esters (lactones) is 1. The van der Waals surface area contributed by atoms with Crippen LogP contribution in [0.3, 0.4) is 0 Å². The molecule has 0 N–H and O–H groups in total. The van der Waals surface area contributed by atoms with Crippen LogP contribution in [0, 0.1) is 0 Å². The molecular formula is C13H14O4. The lowest BCUT2D eigenvalue weighted by Gasteiger charge is -2.09. The average molecular weight is 234 g/mol. The molecule has 2 rings (SSSR count). The van der Waals surface area contributed by atoms with Crippen LogP contribution >= 0.6 is 0 Å². The van der Waals surface area contributed by atoms with Gasteiger partial charge in [-0.05, 0) is 30.2 Å². The van der Waals surface area contributed by atoms with Crippen molar-refractivity contribution >= 4 is 11.5 Å². The molecule has 1 heterocycles. The van der Waals surface area contributed by atoms with Crippen molar-refractivity contribution in [3.05, 3.63) is 29.3 Å². The highest BCUT2D eigenvalue weighted by atomic mass is 16.5. The largest absolute Gasteiger partial charge is 0.493 e. The maximum Gasteiger partial charge on any atom is 0.339 e. The molecule has 0 bridgehead atoms. The third-order valence-corrected chi connectivity index (χ3v) is 2.72. The van der Waals surface area contributed by atoms with E-state index in [9.17, 15) is 4.79 Å². The Bertz CT molecular complexity index is 488. The first-order valence-electron chi connectivity index (χ1n) is 5.26. The van der Waals surface area contributed by atoms with Gasteiger partial charge in [-0.2, -0.15) is 0 Å². The molecule has 1 aromatic carbocycles. The van der Waals surface area contributed by atoms with Crippen LogP contribution < -0.4 is 9.47 Å². The first-order chi connectivity index (χ1) is 8.17. The van der Waals surface area contributed by atoms with Crippen LogP contribution in [0.1, 0.15) is 12.5 Å². The van der Waals surface area contributed by atoms with Crippen molar-refractivity contribution in [3.63, 3.8) is 0 Å².